The van der Waals surface area contributed by atoms with E-state index in [2.05, 4.69) is 9.97 Å². The highest BCUT2D eigenvalue weighted by molar-refractivity contribution is 5.85. The second-order valence-corrected chi connectivity index (χ2v) is 5.87. The van der Waals surface area contributed by atoms with Gasteiger partial charge in [-0.15, -0.1) is 12.4 Å². The van der Waals surface area contributed by atoms with E-state index in [4.69, 9.17) is 4.74 Å². The Labute approximate surface area is 136 Å². The molecule has 7 nitrogen and oxygen atoms in total. The molecule has 1 aromatic rings. The minimum absolute atomic E-state index is 0. The van der Waals surface area contributed by atoms with Crippen LogP contribution in [-0.2, 0) is 4.74 Å². The number of hydrogen-bond acceptors (Lipinski definition) is 6. The lowest BCUT2D eigenvalue weighted by atomic mass is 10.2. The minimum atomic E-state index is -0.482. The molecule has 0 bridgehead atoms. The van der Waals surface area contributed by atoms with Crippen LogP contribution in [0.1, 0.15) is 31.3 Å². The van der Waals surface area contributed by atoms with Crippen LogP contribution < -0.4 is 4.90 Å². The smallest absolute Gasteiger partial charge is 0.410 e. The van der Waals surface area contributed by atoms with Crippen LogP contribution in [-0.4, -0.2) is 59.0 Å². The Morgan fingerprint density at radius 2 is 1.82 bits per heavy atom. The molecule has 1 aliphatic rings. The van der Waals surface area contributed by atoms with Gasteiger partial charge in [0.15, 0.2) is 6.29 Å². The molecular formula is C14H21ClN4O3. The first kappa shape index (κ1) is 18.2. The van der Waals surface area contributed by atoms with E-state index in [9.17, 15) is 9.59 Å². The third-order valence-electron chi connectivity index (χ3n) is 3.03. The molecule has 1 aliphatic heterocycles. The Morgan fingerprint density at radius 3 is 2.27 bits per heavy atom. The lowest BCUT2D eigenvalue weighted by Crippen LogP contribution is -2.50. The summed E-state index contributed by atoms with van der Waals surface area (Å²) in [5, 5.41) is 0. The molecule has 2 heterocycles. The molecule has 1 fully saturated rings. The number of halogens is 1. The number of carbonyl (C=O) groups is 2. The fourth-order valence-corrected chi connectivity index (χ4v) is 2.00. The van der Waals surface area contributed by atoms with Crippen LogP contribution in [0.3, 0.4) is 0 Å². The Hall–Kier alpha value is -1.89. The summed E-state index contributed by atoms with van der Waals surface area (Å²) in [6.45, 7) is 8.03. The summed E-state index contributed by atoms with van der Waals surface area (Å²) in [6.07, 6.45) is 3.40. The molecule has 0 radical (unpaired) electrons. The van der Waals surface area contributed by atoms with Gasteiger partial charge in [0.25, 0.3) is 0 Å². The van der Waals surface area contributed by atoms with Gasteiger partial charge in [0.1, 0.15) is 17.1 Å². The van der Waals surface area contributed by atoms with Crippen molar-refractivity contribution in [1.29, 1.82) is 0 Å². The maximum absolute atomic E-state index is 12.0. The lowest BCUT2D eigenvalue weighted by molar-refractivity contribution is 0.0240. The third kappa shape index (κ3) is 4.84. The Balaban J connectivity index is 0.00000242. The summed E-state index contributed by atoms with van der Waals surface area (Å²) in [5.41, 5.74) is -0.171. The molecule has 0 spiro atoms. The van der Waals surface area contributed by atoms with E-state index in [0.717, 1.165) is 0 Å². The van der Waals surface area contributed by atoms with Crippen LogP contribution >= 0.6 is 12.4 Å². The summed E-state index contributed by atoms with van der Waals surface area (Å²) in [7, 11) is 0. The second-order valence-electron chi connectivity index (χ2n) is 5.87. The van der Waals surface area contributed by atoms with Crippen molar-refractivity contribution in [3.63, 3.8) is 0 Å². The van der Waals surface area contributed by atoms with Gasteiger partial charge in [-0.2, -0.15) is 0 Å². The number of amides is 1. The largest absolute Gasteiger partial charge is 0.444 e. The topological polar surface area (TPSA) is 75.6 Å². The van der Waals surface area contributed by atoms with Crippen LogP contribution in [0, 0.1) is 0 Å². The summed E-state index contributed by atoms with van der Waals surface area (Å²) in [6, 6.07) is 0. The Morgan fingerprint density at radius 1 is 1.18 bits per heavy atom. The van der Waals surface area contributed by atoms with Crippen molar-refractivity contribution in [3.8, 4) is 0 Å². The van der Waals surface area contributed by atoms with E-state index in [1.807, 2.05) is 25.7 Å². The predicted octanol–water partition coefficient (Wildman–Crippen LogP) is 1.77. The van der Waals surface area contributed by atoms with Crippen LogP contribution in [0.2, 0.25) is 0 Å². The second kappa shape index (κ2) is 7.40. The average molecular weight is 329 g/mol. The van der Waals surface area contributed by atoms with Crippen molar-refractivity contribution in [2.24, 2.45) is 0 Å². The molecule has 0 saturated carbocycles. The minimum Gasteiger partial charge on any atom is -0.444 e. The molecule has 0 aromatic carbocycles. The summed E-state index contributed by atoms with van der Waals surface area (Å²) in [4.78, 5) is 34.4. The van der Waals surface area contributed by atoms with Crippen molar-refractivity contribution in [2.45, 2.75) is 26.4 Å². The summed E-state index contributed by atoms with van der Waals surface area (Å²) >= 11 is 0. The molecule has 1 amide bonds. The van der Waals surface area contributed by atoms with Crippen molar-refractivity contribution in [1.82, 2.24) is 14.9 Å². The molecule has 2 rings (SSSR count). The first-order valence-electron chi connectivity index (χ1n) is 6.89. The number of nitrogens with zero attached hydrogens (tertiary/aromatic N) is 4. The highest BCUT2D eigenvalue weighted by Gasteiger charge is 2.26. The number of carbonyl (C=O) groups excluding carboxylic acids is 2. The molecule has 8 heteroatoms. The standard InChI is InChI=1S/C14H20N4O3.ClH/c1-14(2,3)21-13(20)18-6-4-17(5-7-18)12-9-15-11(10-19)8-16-12;/h8-10H,4-7H2,1-3H3;1H. The van der Waals surface area contributed by atoms with Gasteiger partial charge >= 0.3 is 6.09 Å². The first-order chi connectivity index (χ1) is 9.89. The number of aldehydes is 1. The highest BCUT2D eigenvalue weighted by atomic mass is 35.5. The van der Waals surface area contributed by atoms with Crippen molar-refractivity contribution >= 4 is 30.6 Å². The number of rotatable bonds is 2. The number of anilines is 1. The molecule has 22 heavy (non-hydrogen) atoms. The van der Waals surface area contributed by atoms with Gasteiger partial charge in [0.05, 0.1) is 12.4 Å². The molecule has 122 valence electrons. The van der Waals surface area contributed by atoms with Crippen LogP contribution in [0.5, 0.6) is 0 Å². The Bertz CT molecular complexity index is 508. The van der Waals surface area contributed by atoms with Gasteiger partial charge in [0.2, 0.25) is 0 Å². The van der Waals surface area contributed by atoms with E-state index in [1.165, 1.54) is 6.20 Å². The normalized spacial score (nSPS) is 15.0. The first-order valence-corrected chi connectivity index (χ1v) is 6.89. The lowest BCUT2D eigenvalue weighted by Gasteiger charge is -2.36. The quantitative estimate of drug-likeness (QED) is 0.770. The van der Waals surface area contributed by atoms with Gasteiger partial charge < -0.3 is 14.5 Å². The van der Waals surface area contributed by atoms with Crippen LogP contribution in [0.15, 0.2) is 12.4 Å². The van der Waals surface area contributed by atoms with Gasteiger partial charge in [-0.1, -0.05) is 0 Å². The zero-order valence-corrected chi connectivity index (χ0v) is 13.8. The highest BCUT2D eigenvalue weighted by Crippen LogP contribution is 2.15. The van der Waals surface area contributed by atoms with Gasteiger partial charge in [0, 0.05) is 26.2 Å². The SMILES string of the molecule is CC(C)(C)OC(=O)N1CCN(c2cnc(C=O)cn2)CC1.Cl. The number of piperazine rings is 1. The summed E-state index contributed by atoms with van der Waals surface area (Å²) < 4.78 is 5.35. The molecule has 1 saturated heterocycles. The van der Waals surface area contributed by atoms with Crippen molar-refractivity contribution in [2.75, 3.05) is 31.1 Å². The summed E-state index contributed by atoms with van der Waals surface area (Å²) in [5.74, 6) is 0.712. The Kier molecular flexibility index (Phi) is 6.11. The third-order valence-corrected chi connectivity index (χ3v) is 3.03. The zero-order chi connectivity index (χ0) is 15.5. The monoisotopic (exact) mass is 328 g/mol. The van der Waals surface area contributed by atoms with Crippen LogP contribution in [0.4, 0.5) is 10.6 Å². The van der Waals surface area contributed by atoms with Crippen LogP contribution in [0.25, 0.3) is 0 Å². The molecule has 0 unspecified atom stereocenters. The van der Waals surface area contributed by atoms with Crippen molar-refractivity contribution in [3.05, 3.63) is 18.1 Å². The molecule has 0 aliphatic carbocycles. The van der Waals surface area contributed by atoms with Gasteiger partial charge in [-0.25, -0.2) is 14.8 Å². The molecule has 0 N–H and O–H groups in total. The number of ether oxygens (including phenoxy) is 1. The van der Waals surface area contributed by atoms with E-state index in [1.54, 1.807) is 11.1 Å². The fourth-order valence-electron chi connectivity index (χ4n) is 2.00. The van der Waals surface area contributed by atoms with Gasteiger partial charge in [-0.3, -0.25) is 4.79 Å². The average Bonchev–Trinajstić information content (AvgIpc) is 2.46. The predicted molar refractivity (Wildman–Crippen MR) is 84.7 cm³/mol. The fraction of sp³-hybridized carbons (Fsp3) is 0.571. The molecular weight excluding hydrogens is 308 g/mol. The van der Waals surface area contributed by atoms with Crippen molar-refractivity contribution < 1.29 is 14.3 Å². The van der Waals surface area contributed by atoms with E-state index < -0.39 is 5.60 Å². The maximum atomic E-state index is 12.0. The molecule has 0 atom stereocenters. The zero-order valence-electron chi connectivity index (χ0n) is 13.0. The number of hydrogen-bond donors (Lipinski definition) is 0. The number of aromatic nitrogens is 2. The van der Waals surface area contributed by atoms with E-state index >= 15 is 0 Å². The maximum Gasteiger partial charge on any atom is 0.410 e. The van der Waals surface area contributed by atoms with E-state index in [-0.39, 0.29) is 18.5 Å². The van der Waals surface area contributed by atoms with E-state index in [0.29, 0.717) is 44.0 Å². The molecule has 1 aromatic heterocycles. The van der Waals surface area contributed by atoms with Gasteiger partial charge in [-0.05, 0) is 20.8 Å².